The van der Waals surface area contributed by atoms with Crippen molar-refractivity contribution in [3.63, 3.8) is 0 Å². The molecule has 1 atom stereocenters. The Morgan fingerprint density at radius 1 is 1.23 bits per heavy atom. The van der Waals surface area contributed by atoms with Gasteiger partial charge in [0.15, 0.2) is 10.3 Å². The molecule has 1 saturated heterocycles. The lowest BCUT2D eigenvalue weighted by Gasteiger charge is -2.14. The first kappa shape index (κ1) is 19.7. The average molecular weight is 442 g/mol. The zero-order valence-corrected chi connectivity index (χ0v) is 18.1. The van der Waals surface area contributed by atoms with Gasteiger partial charge in [-0.25, -0.2) is 4.98 Å². The molecule has 9 heteroatoms. The summed E-state index contributed by atoms with van der Waals surface area (Å²) in [4.78, 5) is 17.0. The van der Waals surface area contributed by atoms with Crippen molar-refractivity contribution < 1.29 is 9.53 Å². The van der Waals surface area contributed by atoms with Crippen LogP contribution in [0.25, 0.3) is 11.3 Å². The molecule has 2 fully saturated rings. The van der Waals surface area contributed by atoms with Crippen molar-refractivity contribution in [1.82, 2.24) is 19.7 Å². The van der Waals surface area contributed by atoms with Gasteiger partial charge in [-0.2, -0.15) is 0 Å². The number of amides is 1. The molecular formula is C21H23N5O2S2. The highest BCUT2D eigenvalue weighted by Gasteiger charge is 2.32. The minimum Gasteiger partial charge on any atom is -0.376 e. The number of carbonyl (C=O) groups excluding carboxylic acids is 1. The van der Waals surface area contributed by atoms with Crippen molar-refractivity contribution in [1.29, 1.82) is 0 Å². The highest BCUT2D eigenvalue weighted by atomic mass is 32.2. The molecule has 5 rings (SSSR count). The number of rotatable bonds is 8. The number of thiazole rings is 1. The Balaban J connectivity index is 1.21. The number of carbonyl (C=O) groups is 1. The summed E-state index contributed by atoms with van der Waals surface area (Å²) in [6.07, 6.45) is 4.74. The summed E-state index contributed by atoms with van der Waals surface area (Å²) in [5, 5.41) is 15.1. The number of thioether (sulfide) groups is 1. The fraction of sp³-hybridized carbons (Fsp3) is 0.429. The summed E-state index contributed by atoms with van der Waals surface area (Å²) in [6, 6.07) is 9.95. The molecule has 2 aliphatic rings. The zero-order valence-electron chi connectivity index (χ0n) is 16.5. The van der Waals surface area contributed by atoms with Gasteiger partial charge in [0, 0.05) is 23.5 Å². The van der Waals surface area contributed by atoms with Gasteiger partial charge in [-0.05, 0) is 25.7 Å². The van der Waals surface area contributed by atoms with E-state index in [4.69, 9.17) is 4.74 Å². The molecule has 0 bridgehead atoms. The van der Waals surface area contributed by atoms with Crippen LogP contribution in [0, 0.1) is 0 Å². The Labute approximate surface area is 183 Å². The van der Waals surface area contributed by atoms with Gasteiger partial charge in [0.25, 0.3) is 0 Å². The molecule has 0 radical (unpaired) electrons. The van der Waals surface area contributed by atoms with Gasteiger partial charge in [-0.15, -0.1) is 21.5 Å². The summed E-state index contributed by atoms with van der Waals surface area (Å²) >= 11 is 2.86. The van der Waals surface area contributed by atoms with E-state index in [9.17, 15) is 4.79 Å². The van der Waals surface area contributed by atoms with E-state index < -0.39 is 0 Å². The quantitative estimate of drug-likeness (QED) is 0.528. The van der Waals surface area contributed by atoms with Gasteiger partial charge >= 0.3 is 0 Å². The fourth-order valence-corrected chi connectivity index (χ4v) is 5.06. The molecule has 30 heavy (non-hydrogen) atoms. The maximum absolute atomic E-state index is 12.5. The van der Waals surface area contributed by atoms with Crippen LogP contribution in [0.3, 0.4) is 0 Å². The molecule has 156 valence electrons. The molecular weight excluding hydrogens is 418 g/mol. The molecule has 1 amide bonds. The number of nitrogens with zero attached hydrogens (tertiary/aromatic N) is 4. The normalized spacial score (nSPS) is 18.6. The van der Waals surface area contributed by atoms with E-state index in [-0.39, 0.29) is 17.8 Å². The molecule has 1 aromatic carbocycles. The Kier molecular flexibility index (Phi) is 5.83. The van der Waals surface area contributed by atoms with Gasteiger partial charge in [0.2, 0.25) is 5.91 Å². The second-order valence-corrected chi connectivity index (χ2v) is 9.40. The second kappa shape index (κ2) is 8.87. The van der Waals surface area contributed by atoms with Crippen LogP contribution in [0.2, 0.25) is 0 Å². The summed E-state index contributed by atoms with van der Waals surface area (Å²) in [5.74, 6) is 1.73. The third-order valence-corrected chi connectivity index (χ3v) is 6.98. The molecule has 1 N–H and O–H groups in total. The maximum Gasteiger partial charge on any atom is 0.236 e. The van der Waals surface area contributed by atoms with Gasteiger partial charge < -0.3 is 14.6 Å². The van der Waals surface area contributed by atoms with Crippen LogP contribution in [0.15, 0.2) is 40.9 Å². The van der Waals surface area contributed by atoms with Crippen LogP contribution in [0.1, 0.15) is 37.4 Å². The van der Waals surface area contributed by atoms with Crippen LogP contribution in [0.4, 0.5) is 5.13 Å². The van der Waals surface area contributed by atoms with Crippen LogP contribution < -0.4 is 5.32 Å². The van der Waals surface area contributed by atoms with E-state index in [1.807, 2.05) is 35.7 Å². The molecule has 1 aliphatic heterocycles. The number of hydrogen-bond donors (Lipinski definition) is 1. The van der Waals surface area contributed by atoms with Crippen molar-refractivity contribution in [2.24, 2.45) is 0 Å². The lowest BCUT2D eigenvalue weighted by Crippen LogP contribution is -2.19. The molecule has 0 unspecified atom stereocenters. The molecule has 3 heterocycles. The predicted molar refractivity (Wildman–Crippen MR) is 118 cm³/mol. The summed E-state index contributed by atoms with van der Waals surface area (Å²) in [6.45, 7) is 1.60. The first-order chi connectivity index (χ1) is 14.8. The first-order valence-corrected chi connectivity index (χ1v) is 12.1. The van der Waals surface area contributed by atoms with Crippen LogP contribution in [-0.4, -0.2) is 44.1 Å². The molecule has 3 aromatic rings. The topological polar surface area (TPSA) is 81.9 Å². The van der Waals surface area contributed by atoms with E-state index in [0.29, 0.717) is 11.0 Å². The van der Waals surface area contributed by atoms with Gasteiger partial charge in [0.05, 0.1) is 24.1 Å². The Morgan fingerprint density at radius 2 is 2.10 bits per heavy atom. The largest absolute Gasteiger partial charge is 0.376 e. The Hall–Kier alpha value is -2.23. The third kappa shape index (κ3) is 4.58. The summed E-state index contributed by atoms with van der Waals surface area (Å²) < 4.78 is 7.98. The van der Waals surface area contributed by atoms with Crippen molar-refractivity contribution in [2.45, 2.75) is 49.4 Å². The summed E-state index contributed by atoms with van der Waals surface area (Å²) in [7, 11) is 0. The molecule has 7 nitrogen and oxygen atoms in total. The Bertz CT molecular complexity index is 1010. The van der Waals surface area contributed by atoms with Gasteiger partial charge in [-0.3, -0.25) is 4.79 Å². The van der Waals surface area contributed by atoms with Crippen molar-refractivity contribution >= 4 is 34.1 Å². The number of hydrogen-bond acceptors (Lipinski definition) is 7. The van der Waals surface area contributed by atoms with Crippen molar-refractivity contribution in [3.8, 4) is 11.3 Å². The molecule has 1 aliphatic carbocycles. The second-order valence-electron chi connectivity index (χ2n) is 7.60. The minimum absolute atomic E-state index is 0.0893. The van der Waals surface area contributed by atoms with Crippen molar-refractivity contribution in [3.05, 3.63) is 41.5 Å². The number of nitrogens with one attached hydrogen (secondary N) is 1. The van der Waals surface area contributed by atoms with Crippen LogP contribution in [0.5, 0.6) is 0 Å². The van der Waals surface area contributed by atoms with E-state index in [1.165, 1.54) is 35.9 Å². The molecule has 1 saturated carbocycles. The highest BCUT2D eigenvalue weighted by molar-refractivity contribution is 7.99. The third-order valence-electron chi connectivity index (χ3n) is 5.25. The van der Waals surface area contributed by atoms with Crippen LogP contribution in [-0.2, 0) is 16.1 Å². The zero-order chi connectivity index (χ0) is 20.3. The van der Waals surface area contributed by atoms with Crippen LogP contribution >= 0.6 is 23.1 Å². The fourth-order valence-electron chi connectivity index (χ4n) is 3.57. The van der Waals surface area contributed by atoms with Gasteiger partial charge in [-0.1, -0.05) is 42.1 Å². The molecule has 0 spiro atoms. The monoisotopic (exact) mass is 441 g/mol. The van der Waals surface area contributed by atoms with Crippen molar-refractivity contribution in [2.75, 3.05) is 17.7 Å². The lowest BCUT2D eigenvalue weighted by molar-refractivity contribution is -0.113. The Morgan fingerprint density at radius 3 is 2.87 bits per heavy atom. The van der Waals surface area contributed by atoms with E-state index >= 15 is 0 Å². The minimum atomic E-state index is -0.0893. The SMILES string of the molecule is O=C(CSc1nnc(C2CC2)n1C[C@H]1CCCO1)Nc1nc(-c2ccccc2)cs1. The number of anilines is 1. The highest BCUT2D eigenvalue weighted by Crippen LogP contribution is 2.40. The van der Waals surface area contributed by atoms with E-state index in [2.05, 4.69) is 25.1 Å². The summed E-state index contributed by atoms with van der Waals surface area (Å²) in [5.41, 5.74) is 1.91. The number of benzene rings is 1. The number of ether oxygens (including phenoxy) is 1. The van der Waals surface area contributed by atoms with Gasteiger partial charge in [0.1, 0.15) is 5.82 Å². The smallest absolute Gasteiger partial charge is 0.236 e. The standard InChI is InChI=1S/C21H23N5O2S2/c27-18(23-20-22-17(12-29-20)14-5-2-1-3-6-14)13-30-21-25-24-19(15-8-9-15)26(21)11-16-7-4-10-28-16/h1-3,5-6,12,15-16H,4,7-11,13H2,(H,22,23,27)/t16-/m1/s1. The van der Waals surface area contributed by atoms with E-state index in [0.717, 1.165) is 48.2 Å². The van der Waals surface area contributed by atoms with E-state index in [1.54, 1.807) is 0 Å². The maximum atomic E-state index is 12.5. The average Bonchev–Trinajstić information content (AvgIpc) is 3.15. The molecule has 2 aromatic heterocycles. The predicted octanol–water partition coefficient (Wildman–Crippen LogP) is 4.19. The first-order valence-electron chi connectivity index (χ1n) is 10.2. The number of aromatic nitrogens is 4. The lowest BCUT2D eigenvalue weighted by atomic mass is 10.2.